The van der Waals surface area contributed by atoms with Gasteiger partial charge in [0.15, 0.2) is 0 Å². The molecule has 0 radical (unpaired) electrons. The quantitative estimate of drug-likeness (QED) is 0.734. The summed E-state index contributed by atoms with van der Waals surface area (Å²) >= 11 is 5.97. The molecule has 2 aromatic carbocycles. The summed E-state index contributed by atoms with van der Waals surface area (Å²) in [7, 11) is 0. The molecule has 0 aromatic heterocycles. The number of hydrogen-bond donors (Lipinski definition) is 3. The number of carbonyl (C=O) groups is 2. The molecule has 3 N–H and O–H groups in total. The van der Waals surface area contributed by atoms with Gasteiger partial charge in [-0.15, -0.1) is 0 Å². The maximum absolute atomic E-state index is 12.1. The summed E-state index contributed by atoms with van der Waals surface area (Å²) in [6.07, 6.45) is 0. The molecule has 2 rings (SSSR count). The third-order valence-corrected chi connectivity index (χ3v) is 3.79. The Morgan fingerprint density at radius 2 is 1.69 bits per heavy atom. The fraction of sp³-hybridized carbons (Fsp3) is 0.300. The van der Waals surface area contributed by atoms with E-state index in [1.165, 1.54) is 0 Å². The van der Waals surface area contributed by atoms with Crippen LogP contribution >= 0.6 is 11.6 Å². The summed E-state index contributed by atoms with van der Waals surface area (Å²) in [6, 6.07) is 12.3. The maximum atomic E-state index is 12.1. The Morgan fingerprint density at radius 3 is 2.31 bits per heavy atom. The molecular weight excluding hydrogens is 350 g/mol. The number of benzene rings is 2. The minimum absolute atomic E-state index is 0.118. The molecule has 0 aliphatic rings. The third-order valence-electron chi connectivity index (χ3n) is 3.56. The summed E-state index contributed by atoms with van der Waals surface area (Å²) in [5.74, 6) is -0.329. The molecule has 2 aromatic rings. The zero-order valence-corrected chi connectivity index (χ0v) is 16.2. The highest BCUT2D eigenvalue weighted by Gasteiger charge is 2.15. The van der Waals surface area contributed by atoms with Crippen LogP contribution in [0.15, 0.2) is 42.5 Å². The first kappa shape index (κ1) is 19.8. The summed E-state index contributed by atoms with van der Waals surface area (Å²) in [5.41, 5.74) is 2.71. The standard InChI is InChI=1S/C20H24ClN3O2/c1-13-5-8-15(21)11-17(13)22-12-18(25)23-16-9-6-14(7-10-16)19(26)24-20(2,3)4/h5-11,22H,12H2,1-4H3,(H,23,25)(H,24,26). The van der Waals surface area contributed by atoms with Gasteiger partial charge in [-0.25, -0.2) is 0 Å². The van der Waals surface area contributed by atoms with Gasteiger partial charge in [0, 0.05) is 27.5 Å². The van der Waals surface area contributed by atoms with E-state index in [4.69, 9.17) is 11.6 Å². The fourth-order valence-electron chi connectivity index (χ4n) is 2.28. The highest BCUT2D eigenvalue weighted by molar-refractivity contribution is 6.30. The van der Waals surface area contributed by atoms with E-state index >= 15 is 0 Å². The summed E-state index contributed by atoms with van der Waals surface area (Å²) < 4.78 is 0. The molecule has 0 spiro atoms. The lowest BCUT2D eigenvalue weighted by atomic mass is 10.1. The van der Waals surface area contributed by atoms with E-state index in [0.29, 0.717) is 16.3 Å². The molecule has 6 heteroatoms. The predicted octanol–water partition coefficient (Wildman–Crippen LogP) is 4.23. The van der Waals surface area contributed by atoms with Gasteiger partial charge < -0.3 is 16.0 Å². The van der Waals surface area contributed by atoms with Crippen LogP contribution in [-0.2, 0) is 4.79 Å². The van der Waals surface area contributed by atoms with E-state index in [0.717, 1.165) is 11.3 Å². The Bertz CT molecular complexity index is 796. The van der Waals surface area contributed by atoms with Gasteiger partial charge in [0.05, 0.1) is 6.54 Å². The van der Waals surface area contributed by atoms with Crippen LogP contribution in [0, 0.1) is 6.92 Å². The van der Waals surface area contributed by atoms with Crippen LogP contribution in [-0.4, -0.2) is 23.9 Å². The lowest BCUT2D eigenvalue weighted by molar-refractivity contribution is -0.114. The van der Waals surface area contributed by atoms with E-state index in [1.807, 2.05) is 33.8 Å². The van der Waals surface area contributed by atoms with Crippen molar-refractivity contribution in [2.24, 2.45) is 0 Å². The molecule has 0 heterocycles. The number of nitrogens with one attached hydrogen (secondary N) is 3. The van der Waals surface area contributed by atoms with Crippen LogP contribution in [0.1, 0.15) is 36.7 Å². The first-order valence-electron chi connectivity index (χ1n) is 8.36. The first-order valence-corrected chi connectivity index (χ1v) is 8.74. The van der Waals surface area contributed by atoms with Gasteiger partial charge >= 0.3 is 0 Å². The Morgan fingerprint density at radius 1 is 1.04 bits per heavy atom. The zero-order valence-electron chi connectivity index (χ0n) is 15.4. The average Bonchev–Trinajstić information content (AvgIpc) is 2.55. The maximum Gasteiger partial charge on any atom is 0.251 e. The van der Waals surface area contributed by atoms with Gasteiger partial charge in [0.25, 0.3) is 5.91 Å². The molecule has 0 aliphatic heterocycles. The van der Waals surface area contributed by atoms with Crippen LogP contribution < -0.4 is 16.0 Å². The SMILES string of the molecule is Cc1ccc(Cl)cc1NCC(=O)Nc1ccc(C(=O)NC(C)(C)C)cc1. The molecule has 26 heavy (non-hydrogen) atoms. The van der Waals surface area contributed by atoms with Crippen LogP contribution in [0.2, 0.25) is 5.02 Å². The van der Waals surface area contributed by atoms with Crippen LogP contribution in [0.4, 0.5) is 11.4 Å². The topological polar surface area (TPSA) is 70.2 Å². The van der Waals surface area contributed by atoms with Crippen molar-refractivity contribution in [3.8, 4) is 0 Å². The normalized spacial score (nSPS) is 11.0. The molecule has 0 aliphatic carbocycles. The number of carbonyl (C=O) groups excluding carboxylic acids is 2. The molecule has 138 valence electrons. The third kappa shape index (κ3) is 6.08. The highest BCUT2D eigenvalue weighted by atomic mass is 35.5. The monoisotopic (exact) mass is 373 g/mol. The van der Waals surface area contributed by atoms with E-state index in [-0.39, 0.29) is 23.9 Å². The minimum atomic E-state index is -0.298. The van der Waals surface area contributed by atoms with Crippen LogP contribution in [0.3, 0.4) is 0 Å². The smallest absolute Gasteiger partial charge is 0.251 e. The fourth-order valence-corrected chi connectivity index (χ4v) is 2.46. The number of aryl methyl sites for hydroxylation is 1. The first-order chi connectivity index (χ1) is 12.1. The van der Waals surface area contributed by atoms with Crippen molar-refractivity contribution in [1.82, 2.24) is 5.32 Å². The molecule has 0 saturated carbocycles. The summed E-state index contributed by atoms with van der Waals surface area (Å²) in [4.78, 5) is 24.2. The number of halogens is 1. The highest BCUT2D eigenvalue weighted by Crippen LogP contribution is 2.20. The number of amides is 2. The summed E-state index contributed by atoms with van der Waals surface area (Å²) in [5, 5.41) is 9.37. The average molecular weight is 374 g/mol. The second-order valence-electron chi connectivity index (χ2n) is 7.14. The number of hydrogen-bond acceptors (Lipinski definition) is 3. The van der Waals surface area contributed by atoms with Crippen molar-refractivity contribution < 1.29 is 9.59 Å². The van der Waals surface area contributed by atoms with E-state index < -0.39 is 0 Å². The molecule has 0 saturated heterocycles. The molecule has 0 fully saturated rings. The van der Waals surface area contributed by atoms with Crippen molar-refractivity contribution in [3.05, 3.63) is 58.6 Å². The van der Waals surface area contributed by atoms with E-state index in [1.54, 1.807) is 36.4 Å². The van der Waals surface area contributed by atoms with Gasteiger partial charge in [-0.05, 0) is 69.7 Å². The molecule has 0 atom stereocenters. The van der Waals surface area contributed by atoms with E-state index in [9.17, 15) is 9.59 Å². The Kier molecular flexibility index (Phi) is 6.27. The van der Waals surface area contributed by atoms with E-state index in [2.05, 4.69) is 16.0 Å². The van der Waals surface area contributed by atoms with Crippen molar-refractivity contribution in [1.29, 1.82) is 0 Å². The minimum Gasteiger partial charge on any atom is -0.376 e. The molecule has 2 amide bonds. The molecule has 5 nitrogen and oxygen atoms in total. The Hall–Kier alpha value is -2.53. The van der Waals surface area contributed by atoms with Crippen LogP contribution in [0.25, 0.3) is 0 Å². The second kappa shape index (κ2) is 8.23. The van der Waals surface area contributed by atoms with Gasteiger partial charge in [-0.3, -0.25) is 9.59 Å². The zero-order chi connectivity index (χ0) is 19.3. The predicted molar refractivity (Wildman–Crippen MR) is 107 cm³/mol. The lowest BCUT2D eigenvalue weighted by Crippen LogP contribution is -2.40. The Balaban J connectivity index is 1.91. The number of anilines is 2. The Labute approximate surface area is 159 Å². The molecule has 0 bridgehead atoms. The molecular formula is C20H24ClN3O2. The van der Waals surface area contributed by atoms with Crippen LogP contribution in [0.5, 0.6) is 0 Å². The number of rotatable bonds is 5. The van der Waals surface area contributed by atoms with Gasteiger partial charge in [0.2, 0.25) is 5.91 Å². The summed E-state index contributed by atoms with van der Waals surface area (Å²) in [6.45, 7) is 7.84. The van der Waals surface area contributed by atoms with Gasteiger partial charge in [-0.1, -0.05) is 17.7 Å². The van der Waals surface area contributed by atoms with Crippen molar-refractivity contribution in [2.75, 3.05) is 17.2 Å². The molecule has 0 unspecified atom stereocenters. The van der Waals surface area contributed by atoms with Crippen molar-refractivity contribution in [3.63, 3.8) is 0 Å². The van der Waals surface area contributed by atoms with Gasteiger partial charge in [-0.2, -0.15) is 0 Å². The van der Waals surface area contributed by atoms with Crippen molar-refractivity contribution >= 4 is 34.8 Å². The second-order valence-corrected chi connectivity index (χ2v) is 7.58. The lowest BCUT2D eigenvalue weighted by Gasteiger charge is -2.20. The van der Waals surface area contributed by atoms with Crippen molar-refractivity contribution in [2.45, 2.75) is 33.2 Å². The van der Waals surface area contributed by atoms with Gasteiger partial charge in [0.1, 0.15) is 0 Å². The largest absolute Gasteiger partial charge is 0.376 e.